The molecule has 0 nitrogen and oxygen atoms in total. The molecule has 0 N–H and O–H groups in total. The van der Waals surface area contributed by atoms with Crippen LogP contribution in [0.25, 0.3) is 36.5 Å². The van der Waals surface area contributed by atoms with Gasteiger partial charge in [0.15, 0.2) is 0 Å². The molecule has 0 aliphatic rings. The molecular weight excluding hydrogens is 571 g/mol. The minimum atomic E-state index is -0.730. The maximum absolute atomic E-state index is 2.31. The summed E-state index contributed by atoms with van der Waals surface area (Å²) in [6, 6.07) is 52.8. The first kappa shape index (κ1) is 31.0. The number of rotatable bonds is 9. The topological polar surface area (TPSA) is 0 Å². The van der Waals surface area contributed by atoms with Crippen LogP contribution < -0.4 is 15.9 Å². The fraction of sp³-hybridized carbons (Fsp3) is 0.0667. The fourth-order valence-electron chi connectivity index (χ4n) is 5.53. The molecule has 0 saturated heterocycles. The molecule has 0 spiro atoms. The Hall–Kier alpha value is -5.03. The first-order chi connectivity index (χ1) is 22.5. The third kappa shape index (κ3) is 7.78. The molecule has 0 fully saturated rings. The summed E-state index contributed by atoms with van der Waals surface area (Å²) in [4.78, 5) is 0. The lowest BCUT2D eigenvalue weighted by atomic mass is 10.1. The van der Waals surface area contributed by atoms with E-state index in [2.05, 4.69) is 203 Å². The second-order valence-corrected chi connectivity index (χ2v) is 13.9. The zero-order valence-electron chi connectivity index (χ0n) is 26.8. The van der Waals surface area contributed by atoms with E-state index in [1.165, 1.54) is 66.0 Å². The zero-order valence-corrected chi connectivity index (χ0v) is 27.7. The minimum absolute atomic E-state index is 0.730. The van der Waals surface area contributed by atoms with Gasteiger partial charge in [0.05, 0.1) is 0 Å². The van der Waals surface area contributed by atoms with Gasteiger partial charge in [-0.25, -0.2) is 0 Å². The average Bonchev–Trinajstić information content (AvgIpc) is 3.09. The smallest absolute Gasteiger partial charge is 0.0134 e. The summed E-state index contributed by atoms with van der Waals surface area (Å²) < 4.78 is 0. The van der Waals surface area contributed by atoms with Crippen molar-refractivity contribution in [3.8, 4) is 0 Å². The van der Waals surface area contributed by atoms with Crippen molar-refractivity contribution in [2.75, 3.05) is 0 Å². The number of benzene rings is 6. The molecule has 224 valence electrons. The Bertz CT molecular complexity index is 1750. The molecular formula is C45H39P. The molecule has 6 rings (SSSR count). The first-order valence-corrected chi connectivity index (χ1v) is 17.2. The van der Waals surface area contributed by atoms with Crippen molar-refractivity contribution in [1.29, 1.82) is 0 Å². The van der Waals surface area contributed by atoms with Crippen LogP contribution in [-0.2, 0) is 0 Å². The third-order valence-corrected chi connectivity index (χ3v) is 10.8. The van der Waals surface area contributed by atoms with E-state index in [-0.39, 0.29) is 0 Å². The van der Waals surface area contributed by atoms with Gasteiger partial charge in [-0.1, -0.05) is 182 Å². The SMILES string of the molecule is Cc1ccccc1/C=C/c1ccc(P(c2ccc(/C=C/c3ccccc3C)cc2)c2ccc(/C=C/c3ccccc3C)cc2)cc1. The molecule has 0 aliphatic carbocycles. The Morgan fingerprint density at radius 3 is 0.826 bits per heavy atom. The van der Waals surface area contributed by atoms with E-state index in [1.54, 1.807) is 0 Å². The van der Waals surface area contributed by atoms with Crippen molar-refractivity contribution >= 4 is 60.3 Å². The summed E-state index contributed by atoms with van der Waals surface area (Å²) >= 11 is 0. The van der Waals surface area contributed by atoms with Gasteiger partial charge in [-0.2, -0.15) is 0 Å². The van der Waals surface area contributed by atoms with Crippen molar-refractivity contribution in [2.45, 2.75) is 20.8 Å². The van der Waals surface area contributed by atoms with Gasteiger partial charge in [-0.05, 0) is 94.7 Å². The van der Waals surface area contributed by atoms with Gasteiger partial charge in [-0.15, -0.1) is 0 Å². The maximum atomic E-state index is 2.31. The van der Waals surface area contributed by atoms with E-state index >= 15 is 0 Å². The molecule has 6 aromatic carbocycles. The van der Waals surface area contributed by atoms with Gasteiger partial charge in [0.2, 0.25) is 0 Å². The van der Waals surface area contributed by atoms with E-state index in [1.807, 2.05) is 0 Å². The van der Waals surface area contributed by atoms with Gasteiger partial charge < -0.3 is 0 Å². The van der Waals surface area contributed by atoms with Crippen LogP contribution in [0.4, 0.5) is 0 Å². The molecule has 0 saturated carbocycles. The molecule has 0 amide bonds. The largest absolute Gasteiger partial charge is 0.0620 e. The number of hydrogen-bond donors (Lipinski definition) is 0. The van der Waals surface area contributed by atoms with Crippen LogP contribution in [0.1, 0.15) is 50.1 Å². The van der Waals surface area contributed by atoms with Crippen LogP contribution in [-0.4, -0.2) is 0 Å². The predicted octanol–water partition coefficient (Wildman–Crippen LogP) is 10.9. The zero-order chi connectivity index (χ0) is 31.7. The van der Waals surface area contributed by atoms with Crippen molar-refractivity contribution in [3.63, 3.8) is 0 Å². The summed E-state index contributed by atoms with van der Waals surface area (Å²) in [5.41, 5.74) is 11.2. The van der Waals surface area contributed by atoms with Gasteiger partial charge >= 0.3 is 0 Å². The highest BCUT2D eigenvalue weighted by Crippen LogP contribution is 2.33. The number of aryl methyl sites for hydroxylation is 3. The van der Waals surface area contributed by atoms with Crippen molar-refractivity contribution in [2.24, 2.45) is 0 Å². The van der Waals surface area contributed by atoms with Crippen LogP contribution in [0.15, 0.2) is 146 Å². The molecule has 1 heteroatoms. The molecule has 6 aromatic rings. The molecule has 0 aliphatic heterocycles. The van der Waals surface area contributed by atoms with Crippen LogP contribution >= 0.6 is 7.92 Å². The van der Waals surface area contributed by atoms with Gasteiger partial charge in [0, 0.05) is 0 Å². The highest BCUT2D eigenvalue weighted by atomic mass is 31.1. The summed E-state index contributed by atoms with van der Waals surface area (Å²) in [6.45, 7) is 6.47. The van der Waals surface area contributed by atoms with Crippen LogP contribution in [0.3, 0.4) is 0 Å². The first-order valence-electron chi connectivity index (χ1n) is 15.8. The summed E-state index contributed by atoms with van der Waals surface area (Å²) in [5.74, 6) is 0. The van der Waals surface area contributed by atoms with Crippen LogP contribution in [0.5, 0.6) is 0 Å². The van der Waals surface area contributed by atoms with Gasteiger partial charge in [0.25, 0.3) is 0 Å². The predicted molar refractivity (Wildman–Crippen MR) is 205 cm³/mol. The van der Waals surface area contributed by atoms with Crippen molar-refractivity contribution in [3.05, 3.63) is 196 Å². The number of hydrogen-bond acceptors (Lipinski definition) is 0. The minimum Gasteiger partial charge on any atom is -0.0620 e. The Balaban J connectivity index is 1.29. The van der Waals surface area contributed by atoms with E-state index < -0.39 is 7.92 Å². The second-order valence-electron chi connectivity index (χ2n) is 11.7. The Kier molecular flexibility index (Phi) is 9.99. The van der Waals surface area contributed by atoms with Crippen molar-refractivity contribution in [1.82, 2.24) is 0 Å². The standard InChI is InChI=1S/C45H39P/c1-34-10-4-7-13-40(34)25-16-37-19-28-43(29-20-37)46(44-30-21-38(22-31-44)17-26-41-14-8-5-11-35(41)2)45-32-23-39(24-33-45)18-27-42-15-9-6-12-36(42)3/h4-33H,1-3H3/b25-16+,26-17+,27-18+. The molecule has 46 heavy (non-hydrogen) atoms. The summed E-state index contributed by atoms with van der Waals surface area (Å²) in [7, 11) is -0.730. The van der Waals surface area contributed by atoms with Crippen LogP contribution in [0, 0.1) is 20.8 Å². The molecule has 0 aromatic heterocycles. The molecule has 0 heterocycles. The third-order valence-electron chi connectivity index (χ3n) is 8.39. The lowest BCUT2D eigenvalue weighted by molar-refractivity contribution is 1.45. The lowest BCUT2D eigenvalue weighted by Gasteiger charge is -2.20. The Labute approximate surface area is 275 Å². The van der Waals surface area contributed by atoms with Crippen LogP contribution in [0.2, 0.25) is 0 Å². The molecule has 0 bridgehead atoms. The van der Waals surface area contributed by atoms with Gasteiger partial charge in [0.1, 0.15) is 0 Å². The van der Waals surface area contributed by atoms with E-state index in [9.17, 15) is 0 Å². The normalized spacial score (nSPS) is 11.7. The van der Waals surface area contributed by atoms with Crippen molar-refractivity contribution < 1.29 is 0 Å². The Morgan fingerprint density at radius 2 is 0.565 bits per heavy atom. The summed E-state index contributed by atoms with van der Waals surface area (Å²) in [5, 5.41) is 4.03. The van der Waals surface area contributed by atoms with E-state index in [4.69, 9.17) is 0 Å². The molecule has 0 atom stereocenters. The Morgan fingerprint density at radius 1 is 0.304 bits per heavy atom. The quantitative estimate of drug-likeness (QED) is 0.113. The van der Waals surface area contributed by atoms with Gasteiger partial charge in [-0.3, -0.25) is 0 Å². The average molecular weight is 611 g/mol. The fourth-order valence-corrected chi connectivity index (χ4v) is 7.77. The molecule has 0 unspecified atom stereocenters. The second kappa shape index (κ2) is 14.8. The molecule has 0 radical (unpaired) electrons. The monoisotopic (exact) mass is 610 g/mol. The van der Waals surface area contributed by atoms with E-state index in [0.29, 0.717) is 0 Å². The highest BCUT2D eigenvalue weighted by Gasteiger charge is 2.16. The highest BCUT2D eigenvalue weighted by molar-refractivity contribution is 7.79. The lowest BCUT2D eigenvalue weighted by Crippen LogP contribution is -2.20. The summed E-state index contributed by atoms with van der Waals surface area (Å²) in [6.07, 6.45) is 13.2. The maximum Gasteiger partial charge on any atom is -0.0134 e. The van der Waals surface area contributed by atoms with E-state index in [0.717, 1.165) is 0 Å².